The van der Waals surface area contributed by atoms with Crippen LogP contribution in [0.3, 0.4) is 0 Å². The van der Waals surface area contributed by atoms with Crippen LogP contribution in [0.15, 0.2) is 91.0 Å². The van der Waals surface area contributed by atoms with Gasteiger partial charge in [-0.2, -0.15) is 0 Å². The quantitative estimate of drug-likeness (QED) is 0.326. The summed E-state index contributed by atoms with van der Waals surface area (Å²) in [5.74, 6) is 0.0807. The fourth-order valence-electron chi connectivity index (χ4n) is 3.36. The summed E-state index contributed by atoms with van der Waals surface area (Å²) in [6, 6.07) is 28.8. The summed E-state index contributed by atoms with van der Waals surface area (Å²) in [6.07, 6.45) is 0.322. The maximum absolute atomic E-state index is 13.1. The van der Waals surface area contributed by atoms with Gasteiger partial charge in [-0.3, -0.25) is 4.79 Å². The molecule has 4 rings (SSSR count). The van der Waals surface area contributed by atoms with Gasteiger partial charge in [0.1, 0.15) is 0 Å². The molecule has 0 aliphatic carbocycles. The number of ketones is 1. The summed E-state index contributed by atoms with van der Waals surface area (Å²) >= 11 is 12.0. The van der Waals surface area contributed by atoms with Crippen molar-refractivity contribution in [2.45, 2.75) is 12.5 Å². The molecule has 0 radical (unpaired) electrons. The second-order valence-electron chi connectivity index (χ2n) is 6.94. The van der Waals surface area contributed by atoms with E-state index in [4.69, 9.17) is 23.2 Å². The lowest BCUT2D eigenvalue weighted by Gasteiger charge is -2.20. The third kappa shape index (κ3) is 4.79. The molecule has 0 amide bonds. The normalized spacial score (nSPS) is 11.9. The number of nitrogens with one attached hydrogen (secondary N) is 1. The molecular weight excluding hydrogens is 401 g/mol. The summed E-state index contributed by atoms with van der Waals surface area (Å²) in [7, 11) is 0. The predicted octanol–water partition coefficient (Wildman–Crippen LogP) is 7.57. The van der Waals surface area contributed by atoms with Gasteiger partial charge in [-0.05, 0) is 58.8 Å². The van der Waals surface area contributed by atoms with E-state index in [9.17, 15) is 4.79 Å². The molecule has 0 aromatic heterocycles. The first-order chi connectivity index (χ1) is 14.1. The highest BCUT2D eigenvalue weighted by Gasteiger charge is 2.18. The number of hydrogen-bond acceptors (Lipinski definition) is 2. The number of anilines is 1. The molecule has 4 aromatic rings. The molecule has 144 valence electrons. The lowest BCUT2D eigenvalue weighted by molar-refractivity contribution is 0.0976. The Morgan fingerprint density at radius 2 is 1.38 bits per heavy atom. The van der Waals surface area contributed by atoms with Crippen molar-refractivity contribution in [2.75, 3.05) is 5.32 Å². The summed E-state index contributed by atoms with van der Waals surface area (Å²) in [6.45, 7) is 0. The summed E-state index contributed by atoms with van der Waals surface area (Å²) in [5.41, 5.74) is 2.61. The first-order valence-corrected chi connectivity index (χ1v) is 10.1. The van der Waals surface area contributed by atoms with Crippen LogP contribution in [0, 0.1) is 0 Å². The standard InChI is InChI=1S/C25H19Cl2NO/c26-21-9-7-18(8-10-21)24(28-23-13-11-22(27)12-14-23)16-25(29)20-6-5-17-3-1-2-4-19(17)15-20/h1-15,24,28H,16H2. The zero-order valence-electron chi connectivity index (χ0n) is 15.6. The second-order valence-corrected chi connectivity index (χ2v) is 7.82. The van der Waals surface area contributed by atoms with Gasteiger partial charge in [0, 0.05) is 27.7 Å². The fourth-order valence-corrected chi connectivity index (χ4v) is 3.61. The maximum atomic E-state index is 13.1. The molecule has 1 atom stereocenters. The average Bonchev–Trinajstić information content (AvgIpc) is 2.75. The smallest absolute Gasteiger partial charge is 0.165 e. The van der Waals surface area contributed by atoms with Crippen LogP contribution in [-0.4, -0.2) is 5.78 Å². The highest BCUT2D eigenvalue weighted by atomic mass is 35.5. The van der Waals surface area contributed by atoms with Crippen molar-refractivity contribution < 1.29 is 4.79 Å². The molecule has 2 nitrogen and oxygen atoms in total. The highest BCUT2D eigenvalue weighted by molar-refractivity contribution is 6.30. The molecule has 0 aliphatic heterocycles. The van der Waals surface area contributed by atoms with Crippen molar-refractivity contribution in [3.05, 3.63) is 112 Å². The van der Waals surface area contributed by atoms with Crippen molar-refractivity contribution >= 4 is 45.4 Å². The fraction of sp³-hybridized carbons (Fsp3) is 0.0800. The molecule has 0 bridgehead atoms. The zero-order chi connectivity index (χ0) is 20.2. The minimum absolute atomic E-state index is 0.0807. The Balaban J connectivity index is 1.61. The molecule has 1 N–H and O–H groups in total. The number of hydrogen-bond donors (Lipinski definition) is 1. The van der Waals surface area contributed by atoms with Crippen molar-refractivity contribution in [3.8, 4) is 0 Å². The number of fused-ring (bicyclic) bond motifs is 1. The van der Waals surface area contributed by atoms with Gasteiger partial charge in [0.15, 0.2) is 5.78 Å². The largest absolute Gasteiger partial charge is 0.378 e. The van der Waals surface area contributed by atoms with Gasteiger partial charge in [0.25, 0.3) is 0 Å². The maximum Gasteiger partial charge on any atom is 0.165 e. The molecule has 0 saturated carbocycles. The van der Waals surface area contributed by atoms with E-state index in [2.05, 4.69) is 5.32 Å². The molecule has 0 saturated heterocycles. The van der Waals surface area contributed by atoms with E-state index in [1.54, 1.807) is 0 Å². The highest BCUT2D eigenvalue weighted by Crippen LogP contribution is 2.27. The second kappa shape index (κ2) is 8.69. The van der Waals surface area contributed by atoms with Crippen molar-refractivity contribution in [1.29, 1.82) is 0 Å². The summed E-state index contributed by atoms with van der Waals surface area (Å²) in [4.78, 5) is 13.1. The van der Waals surface area contributed by atoms with Crippen LogP contribution in [0.25, 0.3) is 10.8 Å². The average molecular weight is 420 g/mol. The SMILES string of the molecule is O=C(CC(Nc1ccc(Cl)cc1)c1ccc(Cl)cc1)c1ccc2ccccc2c1. The Labute approximate surface area is 180 Å². The van der Waals surface area contributed by atoms with Crippen LogP contribution in [-0.2, 0) is 0 Å². The lowest BCUT2D eigenvalue weighted by atomic mass is 9.96. The number of carbonyl (C=O) groups is 1. The Hall–Kier alpha value is -2.81. The number of rotatable bonds is 6. The van der Waals surface area contributed by atoms with Crippen LogP contribution < -0.4 is 5.32 Å². The van der Waals surface area contributed by atoms with E-state index in [1.807, 2.05) is 91.0 Å². The van der Waals surface area contributed by atoms with Gasteiger partial charge in [-0.25, -0.2) is 0 Å². The monoisotopic (exact) mass is 419 g/mol. The minimum Gasteiger partial charge on any atom is -0.378 e. The molecule has 0 fully saturated rings. The van der Waals surface area contributed by atoms with Crippen LogP contribution in [0.1, 0.15) is 28.4 Å². The molecule has 0 heterocycles. The van der Waals surface area contributed by atoms with Crippen LogP contribution in [0.2, 0.25) is 10.0 Å². The van der Waals surface area contributed by atoms with Crippen molar-refractivity contribution in [3.63, 3.8) is 0 Å². The number of benzene rings is 4. The van der Waals surface area contributed by atoms with Crippen LogP contribution in [0.5, 0.6) is 0 Å². The Morgan fingerprint density at radius 1 is 0.759 bits per heavy atom. The first kappa shape index (κ1) is 19.5. The van der Waals surface area contributed by atoms with Gasteiger partial charge in [-0.15, -0.1) is 0 Å². The van der Waals surface area contributed by atoms with E-state index in [1.165, 1.54) is 0 Å². The minimum atomic E-state index is -0.188. The summed E-state index contributed by atoms with van der Waals surface area (Å²) in [5, 5.41) is 6.98. The van der Waals surface area contributed by atoms with Crippen LogP contribution in [0.4, 0.5) is 5.69 Å². The van der Waals surface area contributed by atoms with Gasteiger partial charge in [0.2, 0.25) is 0 Å². The Bertz CT molecular complexity index is 1140. The third-order valence-electron chi connectivity index (χ3n) is 4.92. The zero-order valence-corrected chi connectivity index (χ0v) is 17.1. The molecular formula is C25H19Cl2NO. The lowest BCUT2D eigenvalue weighted by Crippen LogP contribution is -2.16. The summed E-state index contributed by atoms with van der Waals surface area (Å²) < 4.78 is 0. The number of Topliss-reactive ketones (excluding diaryl/α,β-unsaturated/α-hetero) is 1. The van der Waals surface area contributed by atoms with Gasteiger partial charge in [-0.1, -0.05) is 71.7 Å². The van der Waals surface area contributed by atoms with Gasteiger partial charge < -0.3 is 5.32 Å². The molecule has 0 aliphatic rings. The van der Waals surface area contributed by atoms with Crippen LogP contribution >= 0.6 is 23.2 Å². The Kier molecular flexibility index (Phi) is 5.84. The van der Waals surface area contributed by atoms with Crippen molar-refractivity contribution in [2.24, 2.45) is 0 Å². The number of carbonyl (C=O) groups excluding carboxylic acids is 1. The van der Waals surface area contributed by atoms with Crippen molar-refractivity contribution in [1.82, 2.24) is 0 Å². The molecule has 29 heavy (non-hydrogen) atoms. The predicted molar refractivity (Wildman–Crippen MR) is 122 cm³/mol. The van der Waals surface area contributed by atoms with Gasteiger partial charge >= 0.3 is 0 Å². The van der Waals surface area contributed by atoms with E-state index in [0.29, 0.717) is 22.0 Å². The number of halogens is 2. The molecule has 1 unspecified atom stereocenters. The van der Waals surface area contributed by atoms with E-state index < -0.39 is 0 Å². The van der Waals surface area contributed by atoms with E-state index >= 15 is 0 Å². The third-order valence-corrected chi connectivity index (χ3v) is 5.42. The molecule has 4 heteroatoms. The molecule has 0 spiro atoms. The Morgan fingerprint density at radius 3 is 2.07 bits per heavy atom. The van der Waals surface area contributed by atoms with Gasteiger partial charge in [0.05, 0.1) is 6.04 Å². The van der Waals surface area contributed by atoms with E-state index in [-0.39, 0.29) is 11.8 Å². The molecule has 4 aromatic carbocycles. The first-order valence-electron chi connectivity index (χ1n) is 9.38. The van der Waals surface area contributed by atoms with E-state index in [0.717, 1.165) is 22.0 Å². The topological polar surface area (TPSA) is 29.1 Å².